The molecular weight excluding hydrogens is 502 g/mol. The van der Waals surface area contributed by atoms with Gasteiger partial charge in [-0.1, -0.05) is 30.3 Å². The van der Waals surface area contributed by atoms with Gasteiger partial charge in [0, 0.05) is 41.5 Å². The quantitative estimate of drug-likeness (QED) is 0.315. The average Bonchev–Trinajstić information content (AvgIpc) is 3.60. The summed E-state index contributed by atoms with van der Waals surface area (Å²) in [5.74, 6) is 0.182. The van der Waals surface area contributed by atoms with Crippen LogP contribution in [0.3, 0.4) is 0 Å². The minimum absolute atomic E-state index is 0.109. The summed E-state index contributed by atoms with van der Waals surface area (Å²) < 4.78 is 5.17. The number of para-hydroxylation sites is 1. The number of aromatic nitrogens is 2. The molecule has 0 unspecified atom stereocenters. The standard InChI is InChI=1S/C28H29N5O4S/c1-37-21-6-4-5-18(13-21)14-25(34)31-32-27(36)24-17-38-28(30-24)19-9-11-33(12-10-19)26(35)15-20-16-29-23-8-3-2-7-22(20)23/h2-8,13,16-17,19,29H,9-12,14-15H2,1H3,(H,31,34)(H,32,36). The monoisotopic (exact) mass is 531 g/mol. The number of methoxy groups -OCH3 is 1. The third-order valence-corrected chi connectivity index (χ3v) is 7.79. The fraction of sp³-hybridized carbons (Fsp3) is 0.286. The van der Waals surface area contributed by atoms with Gasteiger partial charge in [0.1, 0.15) is 11.4 Å². The van der Waals surface area contributed by atoms with Crippen molar-refractivity contribution in [3.05, 3.63) is 81.9 Å². The first kappa shape index (κ1) is 25.5. The second-order valence-corrected chi connectivity index (χ2v) is 10.2. The molecule has 196 valence electrons. The molecule has 5 rings (SSSR count). The van der Waals surface area contributed by atoms with Crippen molar-refractivity contribution in [1.29, 1.82) is 0 Å². The third-order valence-electron chi connectivity index (χ3n) is 6.78. The molecule has 38 heavy (non-hydrogen) atoms. The minimum atomic E-state index is -0.460. The lowest BCUT2D eigenvalue weighted by Gasteiger charge is -2.31. The van der Waals surface area contributed by atoms with Crippen LogP contribution in [-0.2, 0) is 22.4 Å². The van der Waals surface area contributed by atoms with Crippen LogP contribution in [0.15, 0.2) is 60.1 Å². The molecule has 0 spiro atoms. The van der Waals surface area contributed by atoms with Gasteiger partial charge in [-0.25, -0.2) is 4.98 Å². The average molecular weight is 532 g/mol. The Balaban J connectivity index is 1.09. The highest BCUT2D eigenvalue weighted by Gasteiger charge is 2.27. The van der Waals surface area contributed by atoms with Crippen molar-refractivity contribution in [2.45, 2.75) is 31.6 Å². The molecule has 2 aromatic carbocycles. The Kier molecular flexibility index (Phi) is 7.69. The maximum atomic E-state index is 12.9. The van der Waals surface area contributed by atoms with Gasteiger partial charge in [-0.3, -0.25) is 25.2 Å². The number of piperidine rings is 1. The Morgan fingerprint density at radius 2 is 1.89 bits per heavy atom. The molecule has 4 aromatic rings. The topological polar surface area (TPSA) is 116 Å². The highest BCUT2D eigenvalue weighted by Crippen LogP contribution is 2.31. The lowest BCUT2D eigenvalue weighted by atomic mass is 9.97. The van der Waals surface area contributed by atoms with Crippen molar-refractivity contribution in [3.63, 3.8) is 0 Å². The molecule has 0 aliphatic carbocycles. The summed E-state index contributed by atoms with van der Waals surface area (Å²) in [5.41, 5.74) is 7.97. The van der Waals surface area contributed by atoms with Crippen molar-refractivity contribution >= 4 is 40.0 Å². The first-order valence-corrected chi connectivity index (χ1v) is 13.4. The van der Waals surface area contributed by atoms with E-state index in [-0.39, 0.29) is 29.8 Å². The van der Waals surface area contributed by atoms with Gasteiger partial charge in [0.2, 0.25) is 11.8 Å². The van der Waals surface area contributed by atoms with Gasteiger partial charge < -0.3 is 14.6 Å². The number of H-pyrrole nitrogens is 1. The number of benzene rings is 2. The first-order chi connectivity index (χ1) is 18.5. The van der Waals surface area contributed by atoms with Crippen molar-refractivity contribution in [2.75, 3.05) is 20.2 Å². The molecule has 0 atom stereocenters. The van der Waals surface area contributed by atoms with E-state index in [0.717, 1.165) is 39.9 Å². The highest BCUT2D eigenvalue weighted by atomic mass is 32.1. The van der Waals surface area contributed by atoms with E-state index >= 15 is 0 Å². The Bertz CT molecular complexity index is 1450. The number of fused-ring (bicyclic) bond motifs is 1. The summed E-state index contributed by atoms with van der Waals surface area (Å²) in [4.78, 5) is 47.3. The van der Waals surface area contributed by atoms with Crippen LogP contribution < -0.4 is 15.6 Å². The summed E-state index contributed by atoms with van der Waals surface area (Å²) >= 11 is 1.43. The highest BCUT2D eigenvalue weighted by molar-refractivity contribution is 7.09. The van der Waals surface area contributed by atoms with E-state index in [4.69, 9.17) is 4.74 Å². The fourth-order valence-corrected chi connectivity index (χ4v) is 5.68. The summed E-state index contributed by atoms with van der Waals surface area (Å²) in [5, 5.41) is 3.66. The smallest absolute Gasteiger partial charge is 0.289 e. The van der Waals surface area contributed by atoms with Crippen LogP contribution in [-0.4, -0.2) is 52.8 Å². The van der Waals surface area contributed by atoms with E-state index in [9.17, 15) is 14.4 Å². The lowest BCUT2D eigenvalue weighted by Crippen LogP contribution is -2.42. The van der Waals surface area contributed by atoms with Crippen molar-refractivity contribution in [2.24, 2.45) is 0 Å². The number of hydrogen-bond acceptors (Lipinski definition) is 6. The van der Waals surface area contributed by atoms with Crippen LogP contribution in [0.25, 0.3) is 10.9 Å². The predicted octanol–water partition coefficient (Wildman–Crippen LogP) is 3.59. The zero-order valence-corrected chi connectivity index (χ0v) is 21.8. The second-order valence-electron chi connectivity index (χ2n) is 9.29. The van der Waals surface area contributed by atoms with Crippen LogP contribution in [0.2, 0.25) is 0 Å². The number of nitrogens with one attached hydrogen (secondary N) is 3. The normalized spacial score (nSPS) is 13.9. The lowest BCUT2D eigenvalue weighted by molar-refractivity contribution is -0.131. The molecule has 0 radical (unpaired) electrons. The molecule has 0 bridgehead atoms. The molecule has 1 fully saturated rings. The summed E-state index contributed by atoms with van der Waals surface area (Å²) in [6, 6.07) is 15.2. The molecule has 1 aliphatic heterocycles. The van der Waals surface area contributed by atoms with E-state index in [1.807, 2.05) is 41.4 Å². The SMILES string of the molecule is COc1cccc(CC(=O)NNC(=O)c2csc(C3CCN(C(=O)Cc4c[nH]c5ccccc45)CC3)n2)c1. The molecular formula is C28H29N5O4S. The van der Waals surface area contributed by atoms with Crippen LogP contribution in [0.1, 0.15) is 45.4 Å². The number of carbonyl (C=O) groups is 3. The largest absolute Gasteiger partial charge is 0.497 e. The number of nitrogens with zero attached hydrogens (tertiary/aromatic N) is 2. The number of carbonyl (C=O) groups excluding carboxylic acids is 3. The maximum Gasteiger partial charge on any atom is 0.289 e. The molecule has 1 saturated heterocycles. The van der Waals surface area contributed by atoms with E-state index in [1.54, 1.807) is 30.7 Å². The van der Waals surface area contributed by atoms with Crippen molar-refractivity contribution in [1.82, 2.24) is 25.7 Å². The second kappa shape index (κ2) is 11.5. The van der Waals surface area contributed by atoms with Crippen LogP contribution in [0.5, 0.6) is 5.75 Å². The number of thiazole rings is 1. The number of hydrogen-bond donors (Lipinski definition) is 3. The fourth-order valence-electron chi connectivity index (χ4n) is 4.71. The van der Waals surface area contributed by atoms with E-state index in [0.29, 0.717) is 25.3 Å². The molecule has 9 nitrogen and oxygen atoms in total. The van der Waals surface area contributed by atoms with Gasteiger partial charge in [0.15, 0.2) is 0 Å². The van der Waals surface area contributed by atoms with Gasteiger partial charge >= 0.3 is 0 Å². The number of hydrazine groups is 1. The maximum absolute atomic E-state index is 12.9. The predicted molar refractivity (Wildman–Crippen MR) is 145 cm³/mol. The summed E-state index contributed by atoms with van der Waals surface area (Å²) in [7, 11) is 1.57. The zero-order valence-electron chi connectivity index (χ0n) is 21.0. The van der Waals surface area contributed by atoms with Gasteiger partial charge in [0.05, 0.1) is 25.0 Å². The van der Waals surface area contributed by atoms with Gasteiger partial charge in [-0.2, -0.15) is 0 Å². The van der Waals surface area contributed by atoms with E-state index in [2.05, 4.69) is 20.8 Å². The van der Waals surface area contributed by atoms with Gasteiger partial charge in [0.25, 0.3) is 5.91 Å². The Hall–Kier alpha value is -4.18. The zero-order chi connectivity index (χ0) is 26.5. The van der Waals surface area contributed by atoms with Crippen molar-refractivity contribution < 1.29 is 19.1 Å². The Labute approximate surface area is 224 Å². The van der Waals surface area contributed by atoms with Crippen LogP contribution in [0, 0.1) is 0 Å². The molecule has 3 amide bonds. The molecule has 3 N–H and O–H groups in total. The van der Waals surface area contributed by atoms with Gasteiger partial charge in [-0.15, -0.1) is 11.3 Å². The summed E-state index contributed by atoms with van der Waals surface area (Å²) in [6.07, 6.45) is 3.99. The number of likely N-dealkylation sites (tertiary alicyclic amines) is 1. The van der Waals surface area contributed by atoms with Crippen LogP contribution in [0.4, 0.5) is 0 Å². The number of rotatable bonds is 7. The van der Waals surface area contributed by atoms with Gasteiger partial charge in [-0.05, 0) is 42.2 Å². The number of aromatic amines is 1. The molecule has 3 heterocycles. The van der Waals surface area contributed by atoms with Crippen LogP contribution >= 0.6 is 11.3 Å². The molecule has 1 aliphatic rings. The van der Waals surface area contributed by atoms with E-state index < -0.39 is 5.91 Å². The first-order valence-electron chi connectivity index (χ1n) is 12.5. The van der Waals surface area contributed by atoms with Crippen molar-refractivity contribution in [3.8, 4) is 5.75 Å². The number of amides is 3. The minimum Gasteiger partial charge on any atom is -0.497 e. The Morgan fingerprint density at radius 3 is 2.71 bits per heavy atom. The number of ether oxygens (including phenoxy) is 1. The molecule has 2 aromatic heterocycles. The van der Waals surface area contributed by atoms with E-state index in [1.165, 1.54) is 11.3 Å². The summed E-state index contributed by atoms with van der Waals surface area (Å²) in [6.45, 7) is 1.32. The molecule has 0 saturated carbocycles. The molecule has 10 heteroatoms. The third kappa shape index (κ3) is 5.86. The Morgan fingerprint density at radius 1 is 1.08 bits per heavy atom.